The number of likely N-dealkylation sites (N-methyl/N-ethyl adjacent to an activating group) is 1. The zero-order valence-electron chi connectivity index (χ0n) is 12.4. The van der Waals surface area contributed by atoms with Gasteiger partial charge in [-0.25, -0.2) is 0 Å². The van der Waals surface area contributed by atoms with Gasteiger partial charge in [-0.3, -0.25) is 9.69 Å². The molecule has 0 aromatic heterocycles. The van der Waals surface area contributed by atoms with Crippen LogP contribution in [0, 0.1) is 12.8 Å². The number of nitrogens with one attached hydrogen (secondary N) is 1. The second-order valence-corrected chi connectivity index (χ2v) is 5.82. The highest BCUT2D eigenvalue weighted by Gasteiger charge is 2.29. The first-order valence-electron chi connectivity index (χ1n) is 7.37. The van der Waals surface area contributed by atoms with Crippen molar-refractivity contribution >= 4 is 11.6 Å². The second-order valence-electron chi connectivity index (χ2n) is 5.82. The second kappa shape index (κ2) is 6.86. The minimum absolute atomic E-state index is 0.0408. The van der Waals surface area contributed by atoms with Gasteiger partial charge >= 0.3 is 0 Å². The van der Waals surface area contributed by atoms with Crippen molar-refractivity contribution in [3.05, 3.63) is 29.8 Å². The number of aryl methyl sites for hydroxylation is 1. The molecule has 1 aliphatic rings. The van der Waals surface area contributed by atoms with Gasteiger partial charge in [0.05, 0.1) is 6.54 Å². The van der Waals surface area contributed by atoms with Gasteiger partial charge in [0, 0.05) is 11.7 Å². The molecule has 4 nitrogen and oxygen atoms in total. The Morgan fingerprint density at radius 1 is 1.35 bits per heavy atom. The lowest BCUT2D eigenvalue weighted by molar-refractivity contribution is -0.117. The van der Waals surface area contributed by atoms with Gasteiger partial charge in [0.25, 0.3) is 0 Å². The van der Waals surface area contributed by atoms with E-state index in [0.29, 0.717) is 25.0 Å². The Morgan fingerprint density at radius 3 is 2.70 bits per heavy atom. The monoisotopic (exact) mass is 275 g/mol. The summed E-state index contributed by atoms with van der Waals surface area (Å²) in [6.45, 7) is 3.18. The highest BCUT2D eigenvalue weighted by molar-refractivity contribution is 5.92. The van der Waals surface area contributed by atoms with Crippen LogP contribution in [0.4, 0.5) is 5.69 Å². The molecule has 0 saturated heterocycles. The molecule has 1 fully saturated rings. The van der Waals surface area contributed by atoms with Crippen molar-refractivity contribution in [3.63, 3.8) is 0 Å². The maximum Gasteiger partial charge on any atom is 0.238 e. The molecule has 0 bridgehead atoms. The molecule has 20 heavy (non-hydrogen) atoms. The van der Waals surface area contributed by atoms with E-state index in [0.717, 1.165) is 12.1 Å². The molecule has 1 saturated carbocycles. The molecule has 0 radical (unpaired) electrons. The van der Waals surface area contributed by atoms with Gasteiger partial charge in [-0.05, 0) is 51.4 Å². The van der Waals surface area contributed by atoms with Crippen LogP contribution in [0.15, 0.2) is 24.3 Å². The van der Waals surface area contributed by atoms with E-state index < -0.39 is 0 Å². The van der Waals surface area contributed by atoms with Crippen LogP contribution in [0.3, 0.4) is 0 Å². The quantitative estimate of drug-likeness (QED) is 0.864. The number of amides is 1. The summed E-state index contributed by atoms with van der Waals surface area (Å²) < 4.78 is 0. The molecule has 0 aliphatic heterocycles. The minimum atomic E-state index is 0.0408. The third-order valence-electron chi connectivity index (χ3n) is 4.22. The van der Waals surface area contributed by atoms with E-state index in [2.05, 4.69) is 10.2 Å². The van der Waals surface area contributed by atoms with Crippen molar-refractivity contribution in [1.82, 2.24) is 4.90 Å². The van der Waals surface area contributed by atoms with Gasteiger partial charge in [0.15, 0.2) is 0 Å². The molecule has 3 N–H and O–H groups in total. The van der Waals surface area contributed by atoms with Crippen LogP contribution in [-0.2, 0) is 4.79 Å². The maximum atomic E-state index is 12.1. The fourth-order valence-electron chi connectivity index (χ4n) is 3.05. The van der Waals surface area contributed by atoms with Crippen LogP contribution in [-0.4, -0.2) is 37.0 Å². The molecule has 1 aliphatic carbocycles. The number of nitrogens with two attached hydrogens (primary N) is 1. The number of hydrogen-bond acceptors (Lipinski definition) is 3. The van der Waals surface area contributed by atoms with Crippen molar-refractivity contribution in [3.8, 4) is 0 Å². The van der Waals surface area contributed by atoms with Crippen LogP contribution >= 0.6 is 0 Å². The molecule has 0 heterocycles. The SMILES string of the molecule is Cc1ccc(NC(=O)CN(C)C2CCCC2CN)cc1. The topological polar surface area (TPSA) is 58.4 Å². The molecular weight excluding hydrogens is 250 g/mol. The zero-order valence-corrected chi connectivity index (χ0v) is 12.4. The summed E-state index contributed by atoms with van der Waals surface area (Å²) in [5, 5.41) is 2.94. The standard InChI is InChI=1S/C16H25N3O/c1-12-6-8-14(9-7-12)18-16(20)11-19(2)15-5-3-4-13(15)10-17/h6-9,13,15H,3-5,10-11,17H2,1-2H3,(H,18,20). The Morgan fingerprint density at radius 2 is 2.05 bits per heavy atom. The van der Waals surface area contributed by atoms with Gasteiger partial charge in [-0.2, -0.15) is 0 Å². The first-order chi connectivity index (χ1) is 9.60. The molecule has 1 aromatic rings. The Hall–Kier alpha value is -1.39. The summed E-state index contributed by atoms with van der Waals surface area (Å²) >= 11 is 0. The van der Waals surface area contributed by atoms with Crippen molar-refractivity contribution < 1.29 is 4.79 Å². The van der Waals surface area contributed by atoms with E-state index in [1.165, 1.54) is 18.4 Å². The van der Waals surface area contributed by atoms with E-state index in [4.69, 9.17) is 5.73 Å². The lowest BCUT2D eigenvalue weighted by atomic mass is 10.0. The summed E-state index contributed by atoms with van der Waals surface area (Å²) in [6.07, 6.45) is 3.55. The normalized spacial score (nSPS) is 22.2. The molecule has 110 valence electrons. The smallest absolute Gasteiger partial charge is 0.238 e. The third kappa shape index (κ3) is 3.81. The van der Waals surface area contributed by atoms with E-state index >= 15 is 0 Å². The minimum Gasteiger partial charge on any atom is -0.330 e. The molecular formula is C16H25N3O. The largest absolute Gasteiger partial charge is 0.330 e. The Kier molecular flexibility index (Phi) is 5.15. The van der Waals surface area contributed by atoms with Gasteiger partial charge < -0.3 is 11.1 Å². The molecule has 4 heteroatoms. The van der Waals surface area contributed by atoms with Gasteiger partial charge in [-0.1, -0.05) is 24.1 Å². The highest BCUT2D eigenvalue weighted by atomic mass is 16.2. The molecule has 2 unspecified atom stereocenters. The first-order valence-corrected chi connectivity index (χ1v) is 7.37. The molecule has 1 aromatic carbocycles. The summed E-state index contributed by atoms with van der Waals surface area (Å²) in [5.41, 5.74) is 7.85. The van der Waals surface area contributed by atoms with E-state index in [9.17, 15) is 4.79 Å². The number of benzene rings is 1. The average Bonchev–Trinajstić information content (AvgIpc) is 2.89. The number of hydrogen-bond donors (Lipinski definition) is 2. The fourth-order valence-corrected chi connectivity index (χ4v) is 3.05. The predicted molar refractivity (Wildman–Crippen MR) is 82.6 cm³/mol. The van der Waals surface area contributed by atoms with Crippen molar-refractivity contribution in [2.24, 2.45) is 11.7 Å². The van der Waals surface area contributed by atoms with Crippen molar-refractivity contribution in [1.29, 1.82) is 0 Å². The number of anilines is 1. The lowest BCUT2D eigenvalue weighted by Gasteiger charge is -2.28. The van der Waals surface area contributed by atoms with Gasteiger partial charge in [0.1, 0.15) is 0 Å². The summed E-state index contributed by atoms with van der Waals surface area (Å²) in [5.74, 6) is 0.575. The summed E-state index contributed by atoms with van der Waals surface area (Å²) in [7, 11) is 2.02. The van der Waals surface area contributed by atoms with Crippen LogP contribution in [0.5, 0.6) is 0 Å². The van der Waals surface area contributed by atoms with Gasteiger partial charge in [-0.15, -0.1) is 0 Å². The zero-order chi connectivity index (χ0) is 14.5. The Bertz CT molecular complexity index is 444. The Labute approximate surface area is 121 Å². The number of carbonyl (C=O) groups excluding carboxylic acids is 1. The van der Waals surface area contributed by atoms with E-state index in [1.807, 2.05) is 38.2 Å². The van der Waals surface area contributed by atoms with Crippen LogP contribution in [0.25, 0.3) is 0 Å². The molecule has 1 amide bonds. The lowest BCUT2D eigenvalue weighted by Crippen LogP contribution is -2.41. The number of nitrogens with zero attached hydrogens (tertiary/aromatic N) is 1. The van der Waals surface area contributed by atoms with Crippen LogP contribution in [0.1, 0.15) is 24.8 Å². The van der Waals surface area contributed by atoms with Crippen molar-refractivity contribution in [2.75, 3.05) is 25.5 Å². The molecule has 2 atom stereocenters. The summed E-state index contributed by atoms with van der Waals surface area (Å²) in [6, 6.07) is 8.32. The van der Waals surface area contributed by atoms with Crippen molar-refractivity contribution in [2.45, 2.75) is 32.2 Å². The van der Waals surface area contributed by atoms with E-state index in [1.54, 1.807) is 0 Å². The van der Waals surface area contributed by atoms with Crippen LogP contribution in [0.2, 0.25) is 0 Å². The molecule has 2 rings (SSSR count). The average molecular weight is 275 g/mol. The van der Waals surface area contributed by atoms with E-state index in [-0.39, 0.29) is 5.91 Å². The van der Waals surface area contributed by atoms with Gasteiger partial charge in [0.2, 0.25) is 5.91 Å². The molecule has 0 spiro atoms. The number of carbonyl (C=O) groups is 1. The highest BCUT2D eigenvalue weighted by Crippen LogP contribution is 2.28. The van der Waals surface area contributed by atoms with Crippen LogP contribution < -0.4 is 11.1 Å². The predicted octanol–water partition coefficient (Wildman–Crippen LogP) is 1.99. The first kappa shape index (κ1) is 15.0. The number of rotatable bonds is 5. The maximum absolute atomic E-state index is 12.1. The fraction of sp³-hybridized carbons (Fsp3) is 0.562. The summed E-state index contributed by atoms with van der Waals surface area (Å²) in [4.78, 5) is 14.2. The Balaban J connectivity index is 1.86. The third-order valence-corrected chi connectivity index (χ3v) is 4.22.